The fourth-order valence-corrected chi connectivity index (χ4v) is 1.82. The van der Waals surface area contributed by atoms with Gasteiger partial charge in [-0.3, -0.25) is 9.59 Å². The molecule has 2 aromatic rings. The second-order valence-electron chi connectivity index (χ2n) is 4.71. The van der Waals surface area contributed by atoms with Gasteiger partial charge >= 0.3 is 11.8 Å². The Morgan fingerprint density at radius 2 is 1.52 bits per heavy atom. The van der Waals surface area contributed by atoms with E-state index < -0.39 is 29.1 Å². The van der Waals surface area contributed by atoms with Crippen LogP contribution in [0.5, 0.6) is 0 Å². The van der Waals surface area contributed by atoms with E-state index in [9.17, 15) is 22.8 Å². The van der Waals surface area contributed by atoms with Crippen LogP contribution in [-0.4, -0.2) is 18.4 Å². The molecule has 0 saturated heterocycles. The van der Waals surface area contributed by atoms with Gasteiger partial charge in [-0.2, -0.15) is 0 Å². The maximum atomic E-state index is 13.4. The molecule has 2 rings (SSSR count). The topological polar surface area (TPSA) is 58.2 Å². The van der Waals surface area contributed by atoms with Gasteiger partial charge in [0.25, 0.3) is 0 Å². The summed E-state index contributed by atoms with van der Waals surface area (Å²) in [6.45, 7) is 0.142. The lowest BCUT2D eigenvalue weighted by Gasteiger charge is -2.07. The highest BCUT2D eigenvalue weighted by Crippen LogP contribution is 2.14. The molecular formula is C16H13F3N2O2. The van der Waals surface area contributed by atoms with E-state index in [0.717, 1.165) is 23.8 Å². The molecule has 0 atom stereocenters. The summed E-state index contributed by atoms with van der Waals surface area (Å²) >= 11 is 0. The number of rotatable bonds is 4. The molecule has 0 heterocycles. The smallest absolute Gasteiger partial charge is 0.313 e. The Morgan fingerprint density at radius 3 is 2.22 bits per heavy atom. The van der Waals surface area contributed by atoms with Gasteiger partial charge in [-0.1, -0.05) is 12.1 Å². The quantitative estimate of drug-likeness (QED) is 0.849. The lowest BCUT2D eigenvalue weighted by molar-refractivity contribution is -0.136. The van der Waals surface area contributed by atoms with Crippen molar-refractivity contribution >= 4 is 17.5 Å². The molecule has 0 saturated carbocycles. The number of amides is 2. The minimum Gasteiger partial charge on any atom is -0.347 e. The Balaban J connectivity index is 1.84. The Kier molecular flexibility index (Phi) is 5.35. The van der Waals surface area contributed by atoms with E-state index in [-0.39, 0.29) is 12.4 Å². The van der Waals surface area contributed by atoms with E-state index in [0.29, 0.717) is 6.42 Å². The first kappa shape index (κ1) is 16.5. The third kappa shape index (κ3) is 4.84. The largest absolute Gasteiger partial charge is 0.347 e. The number of nitrogens with one attached hydrogen (secondary N) is 2. The van der Waals surface area contributed by atoms with Gasteiger partial charge in [-0.25, -0.2) is 13.2 Å². The van der Waals surface area contributed by atoms with Gasteiger partial charge in [0.15, 0.2) is 0 Å². The number of anilines is 1. The zero-order valence-electron chi connectivity index (χ0n) is 11.9. The lowest BCUT2D eigenvalue weighted by atomic mass is 10.1. The van der Waals surface area contributed by atoms with E-state index in [1.807, 2.05) is 5.32 Å². The summed E-state index contributed by atoms with van der Waals surface area (Å²) in [5.74, 6) is -4.03. The minimum atomic E-state index is -1.10. The molecule has 0 radical (unpaired) electrons. The summed E-state index contributed by atoms with van der Waals surface area (Å²) in [5, 5.41) is 4.33. The molecule has 0 spiro atoms. The zero-order valence-corrected chi connectivity index (χ0v) is 11.9. The molecule has 0 unspecified atom stereocenters. The summed E-state index contributed by atoms with van der Waals surface area (Å²) in [5.41, 5.74) is 0.368. The first-order chi connectivity index (χ1) is 11.0. The fourth-order valence-electron chi connectivity index (χ4n) is 1.82. The van der Waals surface area contributed by atoms with Crippen LogP contribution in [0.2, 0.25) is 0 Å². The second-order valence-corrected chi connectivity index (χ2v) is 4.71. The van der Waals surface area contributed by atoms with Crippen molar-refractivity contribution in [1.29, 1.82) is 0 Å². The van der Waals surface area contributed by atoms with Gasteiger partial charge in [0.1, 0.15) is 17.5 Å². The monoisotopic (exact) mass is 322 g/mol. The van der Waals surface area contributed by atoms with Gasteiger partial charge < -0.3 is 10.6 Å². The molecule has 120 valence electrons. The maximum absolute atomic E-state index is 13.4. The van der Waals surface area contributed by atoms with Crippen molar-refractivity contribution in [3.63, 3.8) is 0 Å². The molecule has 0 aliphatic heterocycles. The Labute approximate surface area is 130 Å². The number of hydrogen-bond donors (Lipinski definition) is 2. The van der Waals surface area contributed by atoms with Crippen molar-refractivity contribution in [3.8, 4) is 0 Å². The van der Waals surface area contributed by atoms with Gasteiger partial charge in [0, 0.05) is 12.6 Å². The number of halogens is 3. The van der Waals surface area contributed by atoms with Crippen LogP contribution in [0.15, 0.2) is 42.5 Å². The summed E-state index contributed by atoms with van der Waals surface area (Å²) in [4.78, 5) is 23.2. The third-order valence-corrected chi connectivity index (χ3v) is 3.00. The molecule has 2 N–H and O–H groups in total. The Morgan fingerprint density at radius 1 is 0.870 bits per heavy atom. The van der Waals surface area contributed by atoms with Crippen LogP contribution >= 0.6 is 0 Å². The number of benzene rings is 2. The molecule has 2 aromatic carbocycles. The molecule has 2 amide bonds. The van der Waals surface area contributed by atoms with Crippen LogP contribution in [0.4, 0.5) is 18.9 Å². The van der Waals surface area contributed by atoms with E-state index >= 15 is 0 Å². The Hall–Kier alpha value is -2.83. The molecule has 4 nitrogen and oxygen atoms in total. The van der Waals surface area contributed by atoms with Gasteiger partial charge in [0.2, 0.25) is 0 Å². The molecule has 0 bridgehead atoms. The number of carbonyl (C=O) groups excluding carboxylic acids is 2. The van der Waals surface area contributed by atoms with Crippen molar-refractivity contribution in [2.45, 2.75) is 6.42 Å². The van der Waals surface area contributed by atoms with E-state index in [1.165, 1.54) is 12.1 Å². The minimum absolute atomic E-state index is 0.142. The normalized spacial score (nSPS) is 10.2. The standard InChI is InChI=1S/C16H13F3N2O2/c17-11-3-1-10(2-4-11)7-8-20-15(22)16(23)21-14-9-12(18)5-6-13(14)19/h1-6,9H,7-8H2,(H,20,22)(H,21,23). The van der Waals surface area contributed by atoms with Gasteiger partial charge in [0.05, 0.1) is 5.69 Å². The summed E-state index contributed by atoms with van der Waals surface area (Å²) < 4.78 is 39.1. The van der Waals surface area contributed by atoms with Crippen LogP contribution in [-0.2, 0) is 16.0 Å². The van der Waals surface area contributed by atoms with Crippen LogP contribution in [0.3, 0.4) is 0 Å². The highest BCUT2D eigenvalue weighted by molar-refractivity contribution is 6.39. The van der Waals surface area contributed by atoms with Crippen LogP contribution in [0, 0.1) is 17.5 Å². The average Bonchev–Trinajstić information content (AvgIpc) is 2.52. The van der Waals surface area contributed by atoms with Crippen molar-refractivity contribution in [2.24, 2.45) is 0 Å². The van der Waals surface area contributed by atoms with E-state index in [4.69, 9.17) is 0 Å². The maximum Gasteiger partial charge on any atom is 0.313 e. The summed E-state index contributed by atoms with van der Waals surface area (Å²) in [6.07, 6.45) is 0.396. The van der Waals surface area contributed by atoms with Crippen molar-refractivity contribution < 1.29 is 22.8 Å². The van der Waals surface area contributed by atoms with Crippen molar-refractivity contribution in [2.75, 3.05) is 11.9 Å². The molecular weight excluding hydrogens is 309 g/mol. The van der Waals surface area contributed by atoms with Crippen LogP contribution in [0.1, 0.15) is 5.56 Å². The lowest BCUT2D eigenvalue weighted by Crippen LogP contribution is -2.36. The molecule has 0 aliphatic carbocycles. The highest BCUT2D eigenvalue weighted by atomic mass is 19.1. The molecule has 7 heteroatoms. The van der Waals surface area contributed by atoms with Crippen molar-refractivity contribution in [1.82, 2.24) is 5.32 Å². The SMILES string of the molecule is O=C(NCCc1ccc(F)cc1)C(=O)Nc1cc(F)ccc1F. The highest BCUT2D eigenvalue weighted by Gasteiger charge is 2.15. The third-order valence-electron chi connectivity index (χ3n) is 3.00. The number of carbonyl (C=O) groups is 2. The molecule has 0 fully saturated rings. The van der Waals surface area contributed by atoms with Crippen molar-refractivity contribution in [3.05, 3.63) is 65.5 Å². The molecule has 23 heavy (non-hydrogen) atoms. The zero-order chi connectivity index (χ0) is 16.8. The van der Waals surface area contributed by atoms with Gasteiger partial charge in [-0.05, 0) is 36.2 Å². The van der Waals surface area contributed by atoms with Gasteiger partial charge in [-0.15, -0.1) is 0 Å². The second kappa shape index (κ2) is 7.44. The Bertz CT molecular complexity index is 718. The predicted molar refractivity (Wildman–Crippen MR) is 78.1 cm³/mol. The van der Waals surface area contributed by atoms with Crippen LogP contribution < -0.4 is 10.6 Å². The van der Waals surface area contributed by atoms with E-state index in [1.54, 1.807) is 12.1 Å². The fraction of sp³-hybridized carbons (Fsp3) is 0.125. The average molecular weight is 322 g/mol. The summed E-state index contributed by atoms with van der Waals surface area (Å²) in [7, 11) is 0. The predicted octanol–water partition coefficient (Wildman–Crippen LogP) is 2.40. The number of hydrogen-bond acceptors (Lipinski definition) is 2. The summed E-state index contributed by atoms with van der Waals surface area (Å²) in [6, 6.07) is 8.21. The first-order valence-corrected chi connectivity index (χ1v) is 6.74. The van der Waals surface area contributed by atoms with Crippen LogP contribution in [0.25, 0.3) is 0 Å². The van der Waals surface area contributed by atoms with E-state index in [2.05, 4.69) is 5.32 Å². The molecule has 0 aromatic heterocycles. The first-order valence-electron chi connectivity index (χ1n) is 6.74. The molecule has 0 aliphatic rings.